The number of hydrogen-bond acceptors (Lipinski definition) is 4. The first-order chi connectivity index (χ1) is 6.11. The third-order valence-corrected chi connectivity index (χ3v) is 2.88. The summed E-state index contributed by atoms with van der Waals surface area (Å²) in [6, 6.07) is 0. The van der Waals surface area contributed by atoms with Gasteiger partial charge in [-0.05, 0) is 6.26 Å². The number of thioether (sulfide) groups is 1. The molecule has 74 valence electrons. The van der Waals surface area contributed by atoms with Gasteiger partial charge in [-0.2, -0.15) is 0 Å². The molecule has 0 spiro atoms. The highest BCUT2D eigenvalue weighted by atomic mass is 32.2. The minimum Gasteiger partial charge on any atom is -0.480 e. The van der Waals surface area contributed by atoms with Gasteiger partial charge >= 0.3 is 5.97 Å². The number of rotatable bonds is 4. The fraction of sp³-hybridized carbons (Fsp3) is 0.714. The number of nitrogens with zero attached hydrogens (tertiary/aromatic N) is 1. The quantitative estimate of drug-likeness (QED) is 0.633. The highest BCUT2D eigenvalue weighted by molar-refractivity contribution is 7.99. The molecule has 0 aliphatic carbocycles. The Morgan fingerprint density at radius 3 is 2.77 bits per heavy atom. The smallest absolute Gasteiger partial charge is 0.323 e. The van der Waals surface area contributed by atoms with Gasteiger partial charge in [0, 0.05) is 7.11 Å². The lowest BCUT2D eigenvalue weighted by Crippen LogP contribution is -2.64. The van der Waals surface area contributed by atoms with Crippen molar-refractivity contribution < 1.29 is 19.4 Å². The van der Waals surface area contributed by atoms with Crippen molar-refractivity contribution in [2.24, 2.45) is 0 Å². The average molecular weight is 205 g/mol. The molecule has 2 unspecified atom stereocenters. The minimum atomic E-state index is -0.998. The predicted molar refractivity (Wildman–Crippen MR) is 47.4 cm³/mol. The molecule has 13 heavy (non-hydrogen) atoms. The number of carbonyl (C=O) groups is 2. The Labute approximate surface area is 80.0 Å². The van der Waals surface area contributed by atoms with E-state index in [-0.39, 0.29) is 17.8 Å². The Kier molecular flexibility index (Phi) is 3.16. The number of ether oxygens (including phenoxy) is 1. The van der Waals surface area contributed by atoms with Gasteiger partial charge in [0.2, 0.25) is 0 Å². The number of likely N-dealkylation sites (tertiary alicyclic amines) is 1. The Balaban J connectivity index is 2.57. The molecule has 0 aromatic carbocycles. The molecule has 1 rings (SSSR count). The van der Waals surface area contributed by atoms with Gasteiger partial charge in [0.15, 0.2) is 6.10 Å². The van der Waals surface area contributed by atoms with Crippen LogP contribution in [0.15, 0.2) is 0 Å². The first kappa shape index (κ1) is 10.3. The number of hydrogen-bond donors (Lipinski definition) is 1. The van der Waals surface area contributed by atoms with Crippen LogP contribution in [0, 0.1) is 0 Å². The number of β-lactam (4-membered cyclic amide) rings is 1. The summed E-state index contributed by atoms with van der Waals surface area (Å²) < 4.78 is 4.91. The van der Waals surface area contributed by atoms with E-state index in [1.54, 1.807) is 0 Å². The Morgan fingerprint density at radius 2 is 2.38 bits per heavy atom. The summed E-state index contributed by atoms with van der Waals surface area (Å²) in [5, 5.41) is 8.34. The number of methoxy groups -OCH3 is 1. The zero-order valence-corrected chi connectivity index (χ0v) is 8.21. The summed E-state index contributed by atoms with van der Waals surface area (Å²) in [6.45, 7) is -0.246. The van der Waals surface area contributed by atoms with Gasteiger partial charge < -0.3 is 14.7 Å². The maximum atomic E-state index is 11.2. The second-order valence-electron chi connectivity index (χ2n) is 2.64. The number of amides is 1. The van der Waals surface area contributed by atoms with Crippen molar-refractivity contribution in [3.05, 3.63) is 0 Å². The SMILES string of the molecule is COC1C(=O)N(CC(=O)O)C1SC. The lowest BCUT2D eigenvalue weighted by Gasteiger charge is -2.44. The Morgan fingerprint density at radius 1 is 1.77 bits per heavy atom. The van der Waals surface area contributed by atoms with E-state index in [0.29, 0.717) is 0 Å². The van der Waals surface area contributed by atoms with E-state index in [1.165, 1.54) is 23.8 Å². The van der Waals surface area contributed by atoms with Crippen molar-refractivity contribution in [1.82, 2.24) is 4.90 Å². The molecule has 1 saturated heterocycles. The molecule has 6 heteroatoms. The Hall–Kier alpha value is -0.750. The highest BCUT2D eigenvalue weighted by Gasteiger charge is 2.47. The van der Waals surface area contributed by atoms with Crippen molar-refractivity contribution in [1.29, 1.82) is 0 Å². The van der Waals surface area contributed by atoms with Gasteiger partial charge in [-0.25, -0.2) is 0 Å². The molecule has 5 nitrogen and oxygen atoms in total. The maximum absolute atomic E-state index is 11.2. The number of carboxylic acids is 1. The van der Waals surface area contributed by atoms with Gasteiger partial charge in [-0.3, -0.25) is 9.59 Å². The van der Waals surface area contributed by atoms with Crippen molar-refractivity contribution >= 4 is 23.6 Å². The van der Waals surface area contributed by atoms with Crippen LogP contribution < -0.4 is 0 Å². The van der Waals surface area contributed by atoms with E-state index in [2.05, 4.69) is 0 Å². The van der Waals surface area contributed by atoms with Crippen LogP contribution in [0.25, 0.3) is 0 Å². The van der Waals surface area contributed by atoms with Crippen molar-refractivity contribution in [2.75, 3.05) is 19.9 Å². The van der Waals surface area contributed by atoms with E-state index in [9.17, 15) is 9.59 Å². The van der Waals surface area contributed by atoms with Crippen LogP contribution in [0.4, 0.5) is 0 Å². The van der Waals surface area contributed by atoms with E-state index < -0.39 is 12.1 Å². The topological polar surface area (TPSA) is 66.8 Å². The molecule has 2 atom stereocenters. The van der Waals surface area contributed by atoms with Crippen LogP contribution in [0.1, 0.15) is 0 Å². The third kappa shape index (κ3) is 1.78. The third-order valence-electron chi connectivity index (χ3n) is 1.89. The fourth-order valence-corrected chi connectivity index (χ4v) is 2.18. The highest BCUT2D eigenvalue weighted by Crippen LogP contribution is 2.29. The van der Waals surface area contributed by atoms with Crippen LogP contribution in [0.3, 0.4) is 0 Å². The van der Waals surface area contributed by atoms with E-state index in [4.69, 9.17) is 9.84 Å². The molecule has 0 radical (unpaired) electrons. The number of aliphatic carboxylic acids is 1. The van der Waals surface area contributed by atoms with E-state index in [1.807, 2.05) is 6.26 Å². The average Bonchev–Trinajstić information content (AvgIpc) is 2.09. The molecular formula is C7H11NO4S. The monoisotopic (exact) mass is 205 g/mol. The van der Waals surface area contributed by atoms with Crippen LogP contribution >= 0.6 is 11.8 Å². The van der Waals surface area contributed by atoms with Gasteiger partial charge in [-0.15, -0.1) is 11.8 Å². The van der Waals surface area contributed by atoms with Crippen molar-refractivity contribution in [3.63, 3.8) is 0 Å². The minimum absolute atomic E-state index is 0.159. The molecule has 1 fully saturated rings. The summed E-state index contributed by atoms with van der Waals surface area (Å²) in [5.74, 6) is -1.24. The van der Waals surface area contributed by atoms with Crippen LogP contribution in [-0.4, -0.2) is 53.3 Å². The lowest BCUT2D eigenvalue weighted by molar-refractivity contribution is -0.166. The number of carboxylic acid groups (broad SMARTS) is 1. The summed E-state index contributed by atoms with van der Waals surface area (Å²) in [5.41, 5.74) is 0. The standard InChI is InChI=1S/C7H11NO4S/c1-12-5-6(11)8(3-4(9)10)7(5)13-2/h5,7H,3H2,1-2H3,(H,9,10). The predicted octanol–water partition coefficient (Wildman–Crippen LogP) is -0.383. The second-order valence-corrected chi connectivity index (χ2v) is 3.60. The summed E-state index contributed by atoms with van der Waals surface area (Å²) >= 11 is 1.41. The number of carbonyl (C=O) groups excluding carboxylic acids is 1. The first-order valence-corrected chi connectivity index (χ1v) is 4.98. The normalized spacial score (nSPS) is 27.2. The molecule has 1 heterocycles. The van der Waals surface area contributed by atoms with Gasteiger partial charge in [0.1, 0.15) is 11.9 Å². The van der Waals surface area contributed by atoms with Gasteiger partial charge in [0.05, 0.1) is 0 Å². The summed E-state index contributed by atoms with van der Waals surface area (Å²) in [7, 11) is 1.45. The van der Waals surface area contributed by atoms with Gasteiger partial charge in [0.25, 0.3) is 5.91 Å². The summed E-state index contributed by atoms with van der Waals surface area (Å²) in [4.78, 5) is 22.9. The van der Waals surface area contributed by atoms with Crippen LogP contribution in [0.5, 0.6) is 0 Å². The molecule has 1 aliphatic rings. The molecule has 0 bridgehead atoms. The van der Waals surface area contributed by atoms with Crippen molar-refractivity contribution in [2.45, 2.75) is 11.5 Å². The Bertz CT molecular complexity index is 233. The molecule has 0 saturated carbocycles. The largest absolute Gasteiger partial charge is 0.480 e. The zero-order chi connectivity index (χ0) is 10.0. The molecule has 1 N–H and O–H groups in total. The lowest BCUT2D eigenvalue weighted by atomic mass is 10.1. The van der Waals surface area contributed by atoms with E-state index in [0.717, 1.165) is 0 Å². The van der Waals surface area contributed by atoms with E-state index >= 15 is 0 Å². The fourth-order valence-electron chi connectivity index (χ4n) is 1.27. The summed E-state index contributed by atoms with van der Waals surface area (Å²) in [6.07, 6.45) is 1.34. The maximum Gasteiger partial charge on any atom is 0.323 e. The molecule has 0 aromatic rings. The first-order valence-electron chi connectivity index (χ1n) is 3.69. The molecule has 1 amide bonds. The second kappa shape index (κ2) is 3.97. The molecule has 1 aliphatic heterocycles. The van der Waals surface area contributed by atoms with Crippen molar-refractivity contribution in [3.8, 4) is 0 Å². The van der Waals surface area contributed by atoms with Gasteiger partial charge in [-0.1, -0.05) is 0 Å². The van der Waals surface area contributed by atoms with Crippen LogP contribution in [0.2, 0.25) is 0 Å². The zero-order valence-electron chi connectivity index (χ0n) is 7.39. The van der Waals surface area contributed by atoms with Crippen LogP contribution in [-0.2, 0) is 14.3 Å². The molecular weight excluding hydrogens is 194 g/mol. The molecule has 0 aromatic heterocycles.